The Kier molecular flexibility index (Phi) is 4.98. The zero-order chi connectivity index (χ0) is 21.0. The Balaban J connectivity index is 1.47. The first kappa shape index (κ1) is 18.7. The molecule has 0 fully saturated rings. The van der Waals surface area contributed by atoms with Gasteiger partial charge in [0.2, 0.25) is 5.95 Å². The lowest BCUT2D eigenvalue weighted by Gasteiger charge is -2.29. The molecule has 0 radical (unpaired) electrons. The van der Waals surface area contributed by atoms with Gasteiger partial charge in [0.05, 0.1) is 17.9 Å². The summed E-state index contributed by atoms with van der Waals surface area (Å²) in [5.41, 5.74) is 4.19. The fraction of sp³-hybridized carbons (Fsp3) is 0.0833. The number of carbonyl (C=O) groups is 1. The van der Waals surface area contributed by atoms with Crippen LogP contribution in [-0.4, -0.2) is 27.5 Å². The molecule has 1 amide bonds. The molecule has 1 aliphatic rings. The minimum absolute atomic E-state index is 0.0191. The van der Waals surface area contributed by atoms with Crippen LogP contribution in [0, 0.1) is 0 Å². The summed E-state index contributed by atoms with van der Waals surface area (Å²) in [7, 11) is 0. The minimum atomic E-state index is -0.0948. The fourth-order valence-electron chi connectivity index (χ4n) is 3.44. The van der Waals surface area contributed by atoms with Crippen molar-refractivity contribution in [2.45, 2.75) is 6.54 Å². The van der Waals surface area contributed by atoms with E-state index in [1.807, 2.05) is 66.7 Å². The molecule has 2 aromatic heterocycles. The molecule has 0 saturated heterocycles. The summed E-state index contributed by atoms with van der Waals surface area (Å²) >= 11 is 0. The lowest BCUT2D eigenvalue weighted by atomic mass is 10.1. The monoisotopic (exact) mass is 409 g/mol. The van der Waals surface area contributed by atoms with Gasteiger partial charge in [0.15, 0.2) is 6.61 Å². The van der Waals surface area contributed by atoms with Crippen molar-refractivity contribution in [2.75, 3.05) is 16.8 Å². The van der Waals surface area contributed by atoms with Crippen LogP contribution in [0.2, 0.25) is 0 Å². The zero-order valence-electron chi connectivity index (χ0n) is 16.6. The van der Waals surface area contributed by atoms with Crippen LogP contribution in [0.4, 0.5) is 17.3 Å². The molecule has 0 unspecified atom stereocenters. The third kappa shape index (κ3) is 4.06. The van der Waals surface area contributed by atoms with Crippen LogP contribution in [-0.2, 0) is 11.3 Å². The van der Waals surface area contributed by atoms with Gasteiger partial charge >= 0.3 is 0 Å². The molecule has 5 rings (SSSR count). The van der Waals surface area contributed by atoms with E-state index in [-0.39, 0.29) is 12.5 Å². The molecule has 1 aliphatic heterocycles. The summed E-state index contributed by atoms with van der Waals surface area (Å²) in [6, 6.07) is 21.1. The molecule has 2 aromatic carbocycles. The van der Waals surface area contributed by atoms with Gasteiger partial charge < -0.3 is 15.0 Å². The number of hydrogen-bond acceptors (Lipinski definition) is 6. The summed E-state index contributed by atoms with van der Waals surface area (Å²) in [6.07, 6.45) is 5.19. The number of hydrogen-bond donors (Lipinski definition) is 1. The van der Waals surface area contributed by atoms with Crippen molar-refractivity contribution in [3.05, 3.63) is 90.9 Å². The van der Waals surface area contributed by atoms with Gasteiger partial charge in [-0.25, -0.2) is 9.97 Å². The first-order valence-corrected chi connectivity index (χ1v) is 9.88. The fourth-order valence-corrected chi connectivity index (χ4v) is 3.44. The Hall–Kier alpha value is -4.26. The van der Waals surface area contributed by atoms with Gasteiger partial charge in [-0.05, 0) is 48.0 Å². The molecule has 3 heterocycles. The highest BCUT2D eigenvalue weighted by Gasteiger charge is 2.26. The Morgan fingerprint density at radius 3 is 2.74 bits per heavy atom. The number of nitrogens with one attached hydrogen (secondary N) is 1. The van der Waals surface area contributed by atoms with Gasteiger partial charge in [0.25, 0.3) is 5.91 Å². The number of rotatable bonds is 5. The summed E-state index contributed by atoms with van der Waals surface area (Å²) in [4.78, 5) is 27.4. The molecule has 0 atom stereocenters. The number of pyridine rings is 1. The van der Waals surface area contributed by atoms with Crippen molar-refractivity contribution in [2.24, 2.45) is 0 Å². The molecule has 0 bridgehead atoms. The van der Waals surface area contributed by atoms with E-state index in [2.05, 4.69) is 20.3 Å². The maximum atomic E-state index is 12.6. The standard InChI is InChI=1S/C24H19N5O2/c30-23-16-31-22-9-8-18(13-21(22)29(23)15-17-5-4-11-25-14-17)20-10-12-26-24(28-20)27-19-6-2-1-3-7-19/h1-14H,15-16H2,(H,26,27,28). The van der Waals surface area contributed by atoms with Crippen molar-refractivity contribution in [1.29, 1.82) is 0 Å². The van der Waals surface area contributed by atoms with E-state index in [9.17, 15) is 4.79 Å². The number of fused-ring (bicyclic) bond motifs is 1. The summed E-state index contributed by atoms with van der Waals surface area (Å²) in [5.74, 6) is 1.08. The molecule has 7 nitrogen and oxygen atoms in total. The molecule has 0 saturated carbocycles. The quantitative estimate of drug-likeness (QED) is 0.532. The van der Waals surface area contributed by atoms with E-state index in [4.69, 9.17) is 4.74 Å². The van der Waals surface area contributed by atoms with Crippen LogP contribution < -0.4 is 15.0 Å². The van der Waals surface area contributed by atoms with E-state index >= 15 is 0 Å². The first-order valence-electron chi connectivity index (χ1n) is 9.88. The second-order valence-electron chi connectivity index (χ2n) is 7.07. The predicted octanol–water partition coefficient (Wildman–Crippen LogP) is 4.21. The summed E-state index contributed by atoms with van der Waals surface area (Å²) < 4.78 is 5.65. The average Bonchev–Trinajstić information content (AvgIpc) is 2.82. The smallest absolute Gasteiger partial charge is 0.265 e. The number of ether oxygens (including phenoxy) is 1. The number of nitrogens with zero attached hydrogens (tertiary/aromatic N) is 4. The Morgan fingerprint density at radius 2 is 1.90 bits per heavy atom. The number of amides is 1. The van der Waals surface area contributed by atoms with Crippen molar-refractivity contribution in [3.63, 3.8) is 0 Å². The highest BCUT2D eigenvalue weighted by molar-refractivity contribution is 5.98. The maximum Gasteiger partial charge on any atom is 0.265 e. The largest absolute Gasteiger partial charge is 0.482 e. The zero-order valence-corrected chi connectivity index (χ0v) is 16.6. The molecule has 31 heavy (non-hydrogen) atoms. The molecular formula is C24H19N5O2. The van der Waals surface area contributed by atoms with E-state index in [0.29, 0.717) is 23.9 Å². The van der Waals surface area contributed by atoms with Gasteiger partial charge in [-0.3, -0.25) is 9.78 Å². The second kappa shape index (κ2) is 8.23. The van der Waals surface area contributed by atoms with Gasteiger partial charge in [0.1, 0.15) is 5.75 Å². The van der Waals surface area contributed by atoms with Crippen molar-refractivity contribution >= 4 is 23.2 Å². The molecule has 0 spiro atoms. The van der Waals surface area contributed by atoms with E-state index in [1.54, 1.807) is 23.5 Å². The average molecular weight is 409 g/mol. The maximum absolute atomic E-state index is 12.6. The van der Waals surface area contributed by atoms with Crippen LogP contribution in [0.5, 0.6) is 5.75 Å². The third-order valence-electron chi connectivity index (χ3n) is 4.95. The normalized spacial score (nSPS) is 12.8. The number of benzene rings is 2. The Bertz CT molecular complexity index is 1220. The van der Waals surface area contributed by atoms with Crippen molar-refractivity contribution in [1.82, 2.24) is 15.0 Å². The van der Waals surface area contributed by atoms with Crippen molar-refractivity contribution in [3.8, 4) is 17.0 Å². The number of carbonyl (C=O) groups excluding carboxylic acids is 1. The lowest BCUT2D eigenvalue weighted by Crippen LogP contribution is -2.38. The highest BCUT2D eigenvalue weighted by atomic mass is 16.5. The van der Waals surface area contributed by atoms with Gasteiger partial charge in [-0.2, -0.15) is 0 Å². The minimum Gasteiger partial charge on any atom is -0.482 e. The van der Waals surface area contributed by atoms with Crippen LogP contribution >= 0.6 is 0 Å². The molecular weight excluding hydrogens is 390 g/mol. The van der Waals surface area contributed by atoms with E-state index < -0.39 is 0 Å². The number of para-hydroxylation sites is 1. The van der Waals surface area contributed by atoms with Gasteiger partial charge in [-0.1, -0.05) is 24.3 Å². The summed E-state index contributed by atoms with van der Waals surface area (Å²) in [5, 5.41) is 3.21. The van der Waals surface area contributed by atoms with Crippen LogP contribution in [0.3, 0.4) is 0 Å². The number of anilines is 3. The topological polar surface area (TPSA) is 80.2 Å². The molecule has 1 N–H and O–H groups in total. The van der Waals surface area contributed by atoms with E-state index in [1.165, 1.54) is 0 Å². The molecule has 0 aliphatic carbocycles. The lowest BCUT2D eigenvalue weighted by molar-refractivity contribution is -0.121. The van der Waals surface area contributed by atoms with Crippen LogP contribution in [0.1, 0.15) is 5.56 Å². The van der Waals surface area contributed by atoms with E-state index in [0.717, 1.165) is 22.5 Å². The number of aromatic nitrogens is 3. The second-order valence-corrected chi connectivity index (χ2v) is 7.07. The van der Waals surface area contributed by atoms with Crippen LogP contribution in [0.25, 0.3) is 11.3 Å². The summed E-state index contributed by atoms with van der Waals surface area (Å²) in [6.45, 7) is 0.447. The van der Waals surface area contributed by atoms with Gasteiger partial charge in [0, 0.05) is 29.8 Å². The molecule has 7 heteroatoms. The SMILES string of the molecule is O=C1COc2ccc(-c3ccnc(Nc4ccccc4)n3)cc2N1Cc1cccnc1. The molecule has 152 valence electrons. The molecule has 4 aromatic rings. The third-order valence-corrected chi connectivity index (χ3v) is 4.95. The Morgan fingerprint density at radius 1 is 1.00 bits per heavy atom. The van der Waals surface area contributed by atoms with Crippen molar-refractivity contribution < 1.29 is 9.53 Å². The van der Waals surface area contributed by atoms with Gasteiger partial charge in [-0.15, -0.1) is 0 Å². The highest BCUT2D eigenvalue weighted by Crippen LogP contribution is 2.36. The predicted molar refractivity (Wildman–Crippen MR) is 118 cm³/mol. The van der Waals surface area contributed by atoms with Crippen LogP contribution in [0.15, 0.2) is 85.3 Å². The first-order chi connectivity index (χ1) is 15.3. The Labute approximate surface area is 179 Å².